The number of halogens is 1. The standard InChI is InChI=1S/C17H18ClNS/c1-12(15-7-3-4-8-16(15)18)19-11-14-10-13-6-2-5-9-17(13)20-14/h2-9,12,14,19H,10-11H2,1H3/t12-,14?/m1/s1. The molecule has 0 aromatic heterocycles. The Kier molecular flexibility index (Phi) is 4.35. The molecular weight excluding hydrogens is 286 g/mol. The van der Waals surface area contributed by atoms with Gasteiger partial charge in [0.2, 0.25) is 0 Å². The number of rotatable bonds is 4. The average Bonchev–Trinajstić information content (AvgIpc) is 2.88. The van der Waals surface area contributed by atoms with E-state index in [1.807, 2.05) is 30.0 Å². The van der Waals surface area contributed by atoms with Gasteiger partial charge in [-0.1, -0.05) is 48.0 Å². The lowest BCUT2D eigenvalue weighted by Gasteiger charge is -2.18. The highest BCUT2D eigenvalue weighted by Crippen LogP contribution is 2.36. The molecule has 3 rings (SSSR count). The summed E-state index contributed by atoms with van der Waals surface area (Å²) in [7, 11) is 0. The molecule has 0 amide bonds. The van der Waals surface area contributed by atoms with Crippen molar-refractivity contribution < 1.29 is 0 Å². The molecule has 0 fully saturated rings. The summed E-state index contributed by atoms with van der Waals surface area (Å²) in [5.74, 6) is 0. The zero-order valence-corrected chi connectivity index (χ0v) is 13.0. The zero-order chi connectivity index (χ0) is 13.9. The highest BCUT2D eigenvalue weighted by Gasteiger charge is 2.22. The van der Waals surface area contributed by atoms with Crippen molar-refractivity contribution in [3.8, 4) is 0 Å². The molecule has 0 bridgehead atoms. The monoisotopic (exact) mass is 303 g/mol. The van der Waals surface area contributed by atoms with Crippen LogP contribution in [0.25, 0.3) is 0 Å². The molecule has 0 saturated heterocycles. The molecule has 104 valence electrons. The number of benzene rings is 2. The van der Waals surface area contributed by atoms with Crippen molar-refractivity contribution in [2.75, 3.05) is 6.54 Å². The molecule has 0 spiro atoms. The van der Waals surface area contributed by atoms with Crippen LogP contribution in [0.2, 0.25) is 5.02 Å². The van der Waals surface area contributed by atoms with Crippen LogP contribution in [0.5, 0.6) is 0 Å². The molecule has 1 unspecified atom stereocenters. The quantitative estimate of drug-likeness (QED) is 0.878. The number of thioether (sulfide) groups is 1. The second kappa shape index (κ2) is 6.21. The zero-order valence-electron chi connectivity index (χ0n) is 11.5. The number of hydrogen-bond acceptors (Lipinski definition) is 2. The lowest BCUT2D eigenvalue weighted by molar-refractivity contribution is 0.567. The van der Waals surface area contributed by atoms with Crippen molar-refractivity contribution in [2.24, 2.45) is 0 Å². The maximum Gasteiger partial charge on any atom is 0.0453 e. The van der Waals surface area contributed by atoms with Crippen LogP contribution in [-0.2, 0) is 6.42 Å². The van der Waals surface area contributed by atoms with Crippen molar-refractivity contribution in [3.05, 3.63) is 64.7 Å². The van der Waals surface area contributed by atoms with Crippen LogP contribution in [0.15, 0.2) is 53.4 Å². The Balaban J connectivity index is 1.58. The molecule has 3 heteroatoms. The summed E-state index contributed by atoms with van der Waals surface area (Å²) < 4.78 is 0. The summed E-state index contributed by atoms with van der Waals surface area (Å²) in [4.78, 5) is 1.43. The fourth-order valence-corrected chi connectivity index (χ4v) is 4.17. The maximum absolute atomic E-state index is 6.24. The highest BCUT2D eigenvalue weighted by molar-refractivity contribution is 8.00. The van der Waals surface area contributed by atoms with E-state index in [-0.39, 0.29) is 6.04 Å². The van der Waals surface area contributed by atoms with Gasteiger partial charge in [-0.25, -0.2) is 0 Å². The van der Waals surface area contributed by atoms with E-state index in [2.05, 4.69) is 42.6 Å². The van der Waals surface area contributed by atoms with E-state index in [9.17, 15) is 0 Å². The predicted octanol–water partition coefficient (Wildman–Crippen LogP) is 4.71. The largest absolute Gasteiger partial charge is 0.309 e. The van der Waals surface area contributed by atoms with Crippen LogP contribution in [0, 0.1) is 0 Å². The minimum Gasteiger partial charge on any atom is -0.309 e. The van der Waals surface area contributed by atoms with Gasteiger partial charge in [0.15, 0.2) is 0 Å². The SMILES string of the molecule is C[C@@H](NCC1Cc2ccccc2S1)c1ccccc1Cl. The fraction of sp³-hybridized carbons (Fsp3) is 0.294. The predicted molar refractivity (Wildman–Crippen MR) is 87.7 cm³/mol. The van der Waals surface area contributed by atoms with E-state index < -0.39 is 0 Å². The fourth-order valence-electron chi connectivity index (χ4n) is 2.61. The smallest absolute Gasteiger partial charge is 0.0453 e. The van der Waals surface area contributed by atoms with Crippen LogP contribution in [0.1, 0.15) is 24.1 Å². The Labute approximate surface area is 129 Å². The third-order valence-corrected chi connectivity index (χ3v) is 5.40. The highest BCUT2D eigenvalue weighted by atomic mass is 35.5. The lowest BCUT2D eigenvalue weighted by atomic mass is 10.1. The van der Waals surface area contributed by atoms with E-state index in [1.54, 1.807) is 0 Å². The van der Waals surface area contributed by atoms with Crippen molar-refractivity contribution in [1.82, 2.24) is 5.32 Å². The molecule has 1 aliphatic heterocycles. The molecule has 1 aliphatic rings. The molecule has 2 aromatic carbocycles. The Hall–Kier alpha value is -0.960. The second-order valence-electron chi connectivity index (χ2n) is 5.20. The first-order chi connectivity index (χ1) is 9.74. The van der Waals surface area contributed by atoms with Gasteiger partial charge in [0.05, 0.1) is 0 Å². The third-order valence-electron chi connectivity index (χ3n) is 3.74. The van der Waals surface area contributed by atoms with E-state index >= 15 is 0 Å². The van der Waals surface area contributed by atoms with Gasteiger partial charge in [0.25, 0.3) is 0 Å². The number of fused-ring (bicyclic) bond motifs is 1. The van der Waals surface area contributed by atoms with E-state index in [4.69, 9.17) is 11.6 Å². The Morgan fingerprint density at radius 1 is 1.20 bits per heavy atom. The number of nitrogens with one attached hydrogen (secondary N) is 1. The maximum atomic E-state index is 6.24. The molecule has 20 heavy (non-hydrogen) atoms. The second-order valence-corrected chi connectivity index (χ2v) is 6.95. The molecular formula is C17H18ClNS. The molecule has 1 N–H and O–H groups in total. The average molecular weight is 304 g/mol. The first kappa shape index (κ1) is 14.0. The molecule has 0 saturated carbocycles. The van der Waals surface area contributed by atoms with E-state index in [1.165, 1.54) is 16.0 Å². The van der Waals surface area contributed by atoms with Crippen LogP contribution < -0.4 is 5.32 Å². The Bertz CT molecular complexity index is 574. The summed E-state index contributed by atoms with van der Waals surface area (Å²) in [5, 5.41) is 5.08. The van der Waals surface area contributed by atoms with Gasteiger partial charge in [0, 0.05) is 27.8 Å². The van der Waals surface area contributed by atoms with E-state index in [0.717, 1.165) is 18.0 Å². The summed E-state index contributed by atoms with van der Waals surface area (Å²) in [5.41, 5.74) is 2.66. The summed E-state index contributed by atoms with van der Waals surface area (Å²) in [6, 6.07) is 17.0. The summed E-state index contributed by atoms with van der Waals surface area (Å²) in [6.07, 6.45) is 1.16. The van der Waals surface area contributed by atoms with Crippen molar-refractivity contribution in [3.63, 3.8) is 0 Å². The third kappa shape index (κ3) is 3.03. The number of hydrogen-bond donors (Lipinski definition) is 1. The van der Waals surface area contributed by atoms with Gasteiger partial charge >= 0.3 is 0 Å². The van der Waals surface area contributed by atoms with Crippen LogP contribution in [0.3, 0.4) is 0 Å². The molecule has 0 radical (unpaired) electrons. The van der Waals surface area contributed by atoms with Crippen molar-refractivity contribution >= 4 is 23.4 Å². The van der Waals surface area contributed by atoms with Crippen molar-refractivity contribution in [2.45, 2.75) is 29.5 Å². The molecule has 1 nitrogen and oxygen atoms in total. The minimum atomic E-state index is 0.285. The first-order valence-electron chi connectivity index (χ1n) is 6.96. The topological polar surface area (TPSA) is 12.0 Å². The Morgan fingerprint density at radius 2 is 1.95 bits per heavy atom. The van der Waals surface area contributed by atoms with E-state index in [0.29, 0.717) is 5.25 Å². The molecule has 1 heterocycles. The van der Waals surface area contributed by atoms with Gasteiger partial charge < -0.3 is 5.32 Å². The molecule has 2 atom stereocenters. The lowest BCUT2D eigenvalue weighted by Crippen LogP contribution is -2.27. The van der Waals surface area contributed by atoms with Crippen LogP contribution >= 0.6 is 23.4 Å². The molecule has 0 aliphatic carbocycles. The van der Waals surface area contributed by atoms with Gasteiger partial charge in [-0.2, -0.15) is 0 Å². The van der Waals surface area contributed by atoms with Crippen LogP contribution in [0.4, 0.5) is 0 Å². The van der Waals surface area contributed by atoms with Gasteiger partial charge in [0.1, 0.15) is 0 Å². The Morgan fingerprint density at radius 3 is 2.75 bits per heavy atom. The minimum absolute atomic E-state index is 0.285. The van der Waals surface area contributed by atoms with Gasteiger partial charge in [-0.15, -0.1) is 11.8 Å². The van der Waals surface area contributed by atoms with Gasteiger partial charge in [-0.3, -0.25) is 0 Å². The van der Waals surface area contributed by atoms with Gasteiger partial charge in [-0.05, 0) is 36.6 Å². The summed E-state index contributed by atoms with van der Waals surface area (Å²) in [6.45, 7) is 3.18. The normalized spacial score (nSPS) is 18.8. The molecule has 2 aromatic rings. The summed E-state index contributed by atoms with van der Waals surface area (Å²) >= 11 is 8.22. The van der Waals surface area contributed by atoms with Crippen LogP contribution in [-0.4, -0.2) is 11.8 Å². The van der Waals surface area contributed by atoms with Crippen molar-refractivity contribution in [1.29, 1.82) is 0 Å². The first-order valence-corrected chi connectivity index (χ1v) is 8.22.